The van der Waals surface area contributed by atoms with Crippen LogP contribution in [0.1, 0.15) is 32.6 Å². The summed E-state index contributed by atoms with van der Waals surface area (Å²) in [7, 11) is -3.39. The van der Waals surface area contributed by atoms with E-state index in [4.69, 9.17) is 0 Å². The predicted molar refractivity (Wildman–Crippen MR) is 98.2 cm³/mol. The van der Waals surface area contributed by atoms with Gasteiger partial charge in [-0.05, 0) is 31.2 Å². The van der Waals surface area contributed by atoms with Gasteiger partial charge in [-0.25, -0.2) is 8.42 Å². The van der Waals surface area contributed by atoms with E-state index >= 15 is 0 Å². The van der Waals surface area contributed by atoms with Crippen molar-refractivity contribution in [2.24, 2.45) is 5.92 Å². The molecule has 140 valence electrons. The average Bonchev–Trinajstić information content (AvgIpc) is 3.18. The maximum atomic E-state index is 12.5. The normalized spacial score (nSPS) is 26.4. The van der Waals surface area contributed by atoms with E-state index in [2.05, 4.69) is 12.2 Å². The molecule has 2 fully saturated rings. The molecule has 2 aliphatic heterocycles. The van der Waals surface area contributed by atoms with Gasteiger partial charge in [-0.15, -0.1) is 11.3 Å². The van der Waals surface area contributed by atoms with Crippen molar-refractivity contribution in [1.29, 1.82) is 0 Å². The molecule has 1 aromatic heterocycles. The highest BCUT2D eigenvalue weighted by atomic mass is 32.2. The monoisotopic (exact) mass is 386 g/mol. The molecule has 0 atom stereocenters. The lowest BCUT2D eigenvalue weighted by Crippen LogP contribution is -3.13. The minimum absolute atomic E-state index is 0.0636. The maximum Gasteiger partial charge on any atom is 0.252 e. The number of hydrogen-bond acceptors (Lipinski definition) is 4. The van der Waals surface area contributed by atoms with E-state index in [1.165, 1.54) is 15.6 Å². The molecule has 3 rings (SSSR count). The Morgan fingerprint density at radius 3 is 2.52 bits per heavy atom. The second kappa shape index (κ2) is 8.16. The quantitative estimate of drug-likeness (QED) is 0.766. The topological polar surface area (TPSA) is 70.9 Å². The van der Waals surface area contributed by atoms with Crippen LogP contribution < -0.4 is 10.2 Å². The van der Waals surface area contributed by atoms with Crippen molar-refractivity contribution in [2.75, 3.05) is 32.7 Å². The molecule has 3 heterocycles. The molecular formula is C17H28N3O3S2+. The molecule has 0 unspecified atom stereocenters. The molecule has 1 aromatic rings. The number of carbonyl (C=O) groups is 1. The molecule has 0 aliphatic carbocycles. The third-order valence-electron chi connectivity index (χ3n) is 5.45. The molecule has 2 aliphatic rings. The van der Waals surface area contributed by atoms with E-state index in [-0.39, 0.29) is 17.9 Å². The van der Waals surface area contributed by atoms with Crippen LogP contribution in [0.5, 0.6) is 0 Å². The Morgan fingerprint density at radius 2 is 1.96 bits per heavy atom. The van der Waals surface area contributed by atoms with Crippen LogP contribution in [0.25, 0.3) is 0 Å². The Bertz CT molecular complexity index is 659. The van der Waals surface area contributed by atoms with Crippen LogP contribution in [0.15, 0.2) is 21.7 Å². The summed E-state index contributed by atoms with van der Waals surface area (Å²) in [6.45, 7) is 6.45. The van der Waals surface area contributed by atoms with Crippen LogP contribution >= 0.6 is 11.3 Å². The molecule has 8 heteroatoms. The van der Waals surface area contributed by atoms with Gasteiger partial charge in [0.25, 0.3) is 10.0 Å². The zero-order chi connectivity index (χ0) is 17.9. The van der Waals surface area contributed by atoms with Gasteiger partial charge in [0.1, 0.15) is 4.21 Å². The molecule has 0 saturated carbocycles. The van der Waals surface area contributed by atoms with Crippen LogP contribution in [-0.2, 0) is 14.8 Å². The first-order valence-corrected chi connectivity index (χ1v) is 11.5. The number of likely N-dealkylation sites (tertiary alicyclic amines) is 1. The van der Waals surface area contributed by atoms with Crippen LogP contribution in [-0.4, -0.2) is 57.4 Å². The number of sulfonamides is 1. The Morgan fingerprint density at radius 1 is 1.28 bits per heavy atom. The molecule has 2 saturated heterocycles. The van der Waals surface area contributed by atoms with Gasteiger partial charge in [-0.1, -0.05) is 6.07 Å². The highest BCUT2D eigenvalue weighted by Crippen LogP contribution is 2.26. The van der Waals surface area contributed by atoms with E-state index in [9.17, 15) is 13.2 Å². The summed E-state index contributed by atoms with van der Waals surface area (Å²) in [5, 5.41) is 4.97. The highest BCUT2D eigenvalue weighted by Gasteiger charge is 2.33. The summed E-state index contributed by atoms with van der Waals surface area (Å²) in [5.74, 6) is 0.0458. The molecule has 25 heavy (non-hydrogen) atoms. The SMILES string of the molecule is CC[NH+]1CCC(NC(=O)C2CCN(S(=O)(=O)c3cccs3)CC2)CC1. The number of quaternary nitrogens is 1. The standard InChI is InChI=1S/C17H27N3O3S2/c1-2-19-9-7-15(8-10-19)18-17(21)14-5-11-20(12-6-14)25(22,23)16-4-3-13-24-16/h3-4,13-15H,2,5-12H2,1H3,(H,18,21)/p+1. The Hall–Kier alpha value is -0.960. The number of nitrogens with one attached hydrogen (secondary N) is 2. The summed E-state index contributed by atoms with van der Waals surface area (Å²) in [6, 6.07) is 3.68. The number of amides is 1. The van der Waals surface area contributed by atoms with Gasteiger partial charge in [0, 0.05) is 37.9 Å². The van der Waals surface area contributed by atoms with Gasteiger partial charge in [-0.3, -0.25) is 4.79 Å². The summed E-state index contributed by atoms with van der Waals surface area (Å²) in [4.78, 5) is 14.1. The van der Waals surface area contributed by atoms with Gasteiger partial charge < -0.3 is 10.2 Å². The van der Waals surface area contributed by atoms with Crippen LogP contribution in [0.2, 0.25) is 0 Å². The number of piperidine rings is 2. The predicted octanol–water partition coefficient (Wildman–Crippen LogP) is 0.332. The largest absolute Gasteiger partial charge is 0.353 e. The Kier molecular flexibility index (Phi) is 6.14. The molecule has 0 radical (unpaired) electrons. The van der Waals surface area contributed by atoms with Crippen molar-refractivity contribution in [3.63, 3.8) is 0 Å². The molecule has 1 amide bonds. The van der Waals surface area contributed by atoms with E-state index < -0.39 is 10.0 Å². The molecule has 0 bridgehead atoms. The van der Waals surface area contributed by atoms with Gasteiger partial charge in [0.15, 0.2) is 0 Å². The summed E-state index contributed by atoms with van der Waals surface area (Å²) in [5.41, 5.74) is 0. The van der Waals surface area contributed by atoms with Crippen molar-refractivity contribution < 1.29 is 18.1 Å². The second-order valence-corrected chi connectivity index (χ2v) is 10.1. The fourth-order valence-electron chi connectivity index (χ4n) is 3.74. The van der Waals surface area contributed by atoms with Crippen molar-refractivity contribution in [2.45, 2.75) is 42.9 Å². The van der Waals surface area contributed by atoms with Gasteiger partial charge in [0.05, 0.1) is 19.6 Å². The van der Waals surface area contributed by atoms with Gasteiger partial charge in [-0.2, -0.15) is 4.31 Å². The second-order valence-electron chi connectivity index (χ2n) is 7.00. The van der Waals surface area contributed by atoms with Crippen LogP contribution in [0.3, 0.4) is 0 Å². The third-order valence-corrected chi connectivity index (χ3v) is 8.72. The third kappa shape index (κ3) is 4.42. The Labute approximate surface area is 154 Å². The lowest BCUT2D eigenvalue weighted by atomic mass is 9.96. The molecule has 2 N–H and O–H groups in total. The zero-order valence-corrected chi connectivity index (χ0v) is 16.4. The molecule has 0 aromatic carbocycles. The number of thiophene rings is 1. The average molecular weight is 387 g/mol. The maximum absolute atomic E-state index is 12.5. The van der Waals surface area contributed by atoms with E-state index in [1.54, 1.807) is 22.4 Å². The van der Waals surface area contributed by atoms with Crippen molar-refractivity contribution in [3.05, 3.63) is 17.5 Å². The minimum atomic E-state index is -3.39. The lowest BCUT2D eigenvalue weighted by Gasteiger charge is -2.33. The Balaban J connectivity index is 1.48. The number of carbonyl (C=O) groups excluding carboxylic acids is 1. The number of nitrogens with zero attached hydrogens (tertiary/aromatic N) is 1. The molecule has 0 spiro atoms. The van der Waals surface area contributed by atoms with Crippen molar-refractivity contribution >= 4 is 27.3 Å². The minimum Gasteiger partial charge on any atom is -0.353 e. The van der Waals surface area contributed by atoms with Gasteiger partial charge >= 0.3 is 0 Å². The van der Waals surface area contributed by atoms with E-state index in [1.807, 2.05) is 0 Å². The highest BCUT2D eigenvalue weighted by molar-refractivity contribution is 7.91. The summed E-state index contributed by atoms with van der Waals surface area (Å²) < 4.78 is 27.0. The first kappa shape index (κ1) is 18.8. The number of rotatable bonds is 5. The fourth-order valence-corrected chi connectivity index (χ4v) is 6.35. The van der Waals surface area contributed by atoms with Crippen LogP contribution in [0, 0.1) is 5.92 Å². The zero-order valence-electron chi connectivity index (χ0n) is 14.7. The first-order chi connectivity index (χ1) is 12.0. The van der Waals surface area contributed by atoms with E-state index in [0.29, 0.717) is 30.1 Å². The van der Waals surface area contributed by atoms with Crippen LogP contribution in [0.4, 0.5) is 0 Å². The summed E-state index contributed by atoms with van der Waals surface area (Å²) in [6.07, 6.45) is 3.30. The molecule has 6 nitrogen and oxygen atoms in total. The fraction of sp³-hybridized carbons (Fsp3) is 0.706. The van der Waals surface area contributed by atoms with E-state index in [0.717, 1.165) is 32.5 Å². The lowest BCUT2D eigenvalue weighted by molar-refractivity contribution is -0.903. The number of hydrogen-bond donors (Lipinski definition) is 2. The van der Waals surface area contributed by atoms with Gasteiger partial charge in [0.2, 0.25) is 5.91 Å². The van der Waals surface area contributed by atoms with Crippen molar-refractivity contribution in [3.8, 4) is 0 Å². The molecular weight excluding hydrogens is 358 g/mol. The van der Waals surface area contributed by atoms with Crippen molar-refractivity contribution in [1.82, 2.24) is 9.62 Å². The smallest absolute Gasteiger partial charge is 0.252 e. The first-order valence-electron chi connectivity index (χ1n) is 9.18. The summed E-state index contributed by atoms with van der Waals surface area (Å²) >= 11 is 1.24.